The Morgan fingerprint density at radius 2 is 2.29 bits per heavy atom. The van der Waals surface area contributed by atoms with E-state index in [0.717, 1.165) is 24.5 Å². The Labute approximate surface area is 106 Å². The van der Waals surface area contributed by atoms with E-state index in [-0.39, 0.29) is 5.91 Å². The van der Waals surface area contributed by atoms with Crippen LogP contribution in [-0.4, -0.2) is 37.6 Å². The molecule has 0 fully saturated rings. The summed E-state index contributed by atoms with van der Waals surface area (Å²) in [7, 11) is 1.61. The van der Waals surface area contributed by atoms with Gasteiger partial charge in [-0.2, -0.15) is 0 Å². The van der Waals surface area contributed by atoms with Gasteiger partial charge in [0.15, 0.2) is 0 Å². The van der Waals surface area contributed by atoms with Crippen LogP contribution in [0.15, 0.2) is 5.38 Å². The van der Waals surface area contributed by atoms with E-state index in [4.69, 9.17) is 4.74 Å². The fraction of sp³-hybridized carbons (Fsp3) is 0.636. The number of rotatable bonds is 8. The summed E-state index contributed by atoms with van der Waals surface area (Å²) in [6, 6.07) is 0. The molecule has 5 nitrogen and oxygen atoms in total. The molecule has 1 aromatic rings. The smallest absolute Gasteiger partial charge is 0.270 e. The Hall–Kier alpha value is -0.980. The molecule has 0 saturated heterocycles. The van der Waals surface area contributed by atoms with Crippen molar-refractivity contribution in [2.45, 2.75) is 20.0 Å². The molecular weight excluding hydrogens is 238 g/mol. The van der Waals surface area contributed by atoms with Crippen LogP contribution in [0.3, 0.4) is 0 Å². The Morgan fingerprint density at radius 3 is 3.00 bits per heavy atom. The first-order chi connectivity index (χ1) is 8.27. The van der Waals surface area contributed by atoms with Gasteiger partial charge in [-0.3, -0.25) is 4.79 Å². The number of ether oxygens (including phenoxy) is 1. The van der Waals surface area contributed by atoms with Gasteiger partial charge in [-0.25, -0.2) is 4.98 Å². The fourth-order valence-electron chi connectivity index (χ4n) is 1.26. The van der Waals surface area contributed by atoms with Crippen molar-refractivity contribution in [1.82, 2.24) is 15.6 Å². The first-order valence-corrected chi connectivity index (χ1v) is 6.58. The maximum Gasteiger partial charge on any atom is 0.270 e. The van der Waals surface area contributed by atoms with Gasteiger partial charge in [0, 0.05) is 25.6 Å². The highest BCUT2D eigenvalue weighted by atomic mass is 32.1. The van der Waals surface area contributed by atoms with E-state index < -0.39 is 0 Å². The summed E-state index contributed by atoms with van der Waals surface area (Å²) >= 11 is 1.44. The number of amides is 1. The van der Waals surface area contributed by atoms with E-state index in [1.54, 1.807) is 12.5 Å². The lowest BCUT2D eigenvalue weighted by atomic mass is 10.4. The van der Waals surface area contributed by atoms with Gasteiger partial charge in [0.2, 0.25) is 0 Å². The number of carbonyl (C=O) groups is 1. The third kappa shape index (κ3) is 5.25. The maximum absolute atomic E-state index is 11.7. The van der Waals surface area contributed by atoms with E-state index in [1.807, 2.05) is 0 Å². The lowest BCUT2D eigenvalue weighted by Crippen LogP contribution is -2.32. The number of thiazole rings is 1. The molecule has 0 bridgehead atoms. The van der Waals surface area contributed by atoms with Gasteiger partial charge in [0.25, 0.3) is 5.91 Å². The summed E-state index contributed by atoms with van der Waals surface area (Å²) in [4.78, 5) is 15.8. The van der Waals surface area contributed by atoms with Crippen LogP contribution >= 0.6 is 11.3 Å². The Morgan fingerprint density at radius 1 is 1.47 bits per heavy atom. The Bertz CT molecular complexity index is 341. The zero-order chi connectivity index (χ0) is 12.5. The fourth-order valence-corrected chi connectivity index (χ4v) is 2.01. The average molecular weight is 257 g/mol. The van der Waals surface area contributed by atoms with E-state index >= 15 is 0 Å². The molecule has 1 amide bonds. The molecule has 0 aliphatic heterocycles. The lowest BCUT2D eigenvalue weighted by molar-refractivity contribution is 0.0949. The van der Waals surface area contributed by atoms with Crippen LogP contribution in [0.4, 0.5) is 0 Å². The number of methoxy groups -OCH3 is 1. The Balaban J connectivity index is 2.26. The van der Waals surface area contributed by atoms with Crippen molar-refractivity contribution in [3.8, 4) is 0 Å². The zero-order valence-corrected chi connectivity index (χ0v) is 11.1. The summed E-state index contributed by atoms with van der Waals surface area (Å²) < 4.78 is 4.95. The molecule has 1 aromatic heterocycles. The van der Waals surface area contributed by atoms with Gasteiger partial charge in [0.1, 0.15) is 10.7 Å². The van der Waals surface area contributed by atoms with Gasteiger partial charge < -0.3 is 15.4 Å². The summed E-state index contributed by atoms with van der Waals surface area (Å²) in [6.45, 7) is 4.95. The monoisotopic (exact) mass is 257 g/mol. The molecule has 0 radical (unpaired) electrons. The molecule has 0 aliphatic rings. The molecule has 96 valence electrons. The quantitative estimate of drug-likeness (QED) is 0.683. The third-order valence-electron chi connectivity index (χ3n) is 2.07. The number of carbonyl (C=O) groups excluding carboxylic acids is 1. The van der Waals surface area contributed by atoms with Crippen LogP contribution in [-0.2, 0) is 11.3 Å². The minimum absolute atomic E-state index is 0.123. The number of hydrogen-bond acceptors (Lipinski definition) is 5. The molecule has 0 spiro atoms. The second-order valence-electron chi connectivity index (χ2n) is 3.57. The summed E-state index contributed by atoms with van der Waals surface area (Å²) in [5.41, 5.74) is 0.470. The SMILES string of the molecule is CCCNCCNC(=O)c1csc(COC)n1. The van der Waals surface area contributed by atoms with Gasteiger partial charge >= 0.3 is 0 Å². The largest absolute Gasteiger partial charge is 0.378 e. The molecule has 0 aliphatic carbocycles. The minimum Gasteiger partial charge on any atom is -0.378 e. The average Bonchev–Trinajstić information content (AvgIpc) is 2.78. The molecule has 17 heavy (non-hydrogen) atoms. The third-order valence-corrected chi connectivity index (χ3v) is 2.89. The van der Waals surface area contributed by atoms with E-state index in [1.165, 1.54) is 11.3 Å². The molecule has 1 heterocycles. The molecule has 1 rings (SSSR count). The van der Waals surface area contributed by atoms with Crippen molar-refractivity contribution in [2.24, 2.45) is 0 Å². The van der Waals surface area contributed by atoms with E-state index in [9.17, 15) is 4.79 Å². The van der Waals surface area contributed by atoms with Gasteiger partial charge in [-0.1, -0.05) is 6.92 Å². The minimum atomic E-state index is -0.123. The predicted octanol–water partition coefficient (Wildman–Crippen LogP) is 1.02. The molecule has 2 N–H and O–H groups in total. The van der Waals surface area contributed by atoms with Crippen LogP contribution in [0.5, 0.6) is 0 Å². The highest BCUT2D eigenvalue weighted by Gasteiger charge is 2.09. The first kappa shape index (κ1) is 14.1. The van der Waals surface area contributed by atoms with E-state index in [0.29, 0.717) is 18.8 Å². The topological polar surface area (TPSA) is 63.2 Å². The second-order valence-corrected chi connectivity index (χ2v) is 4.51. The standard InChI is InChI=1S/C11H19N3O2S/c1-3-4-12-5-6-13-11(15)9-8-17-10(14-9)7-16-2/h8,12H,3-7H2,1-2H3,(H,13,15). The predicted molar refractivity (Wildman–Crippen MR) is 68.3 cm³/mol. The Kier molecular flexibility index (Phi) is 6.76. The van der Waals surface area contributed by atoms with Crippen LogP contribution in [0.1, 0.15) is 28.8 Å². The van der Waals surface area contributed by atoms with Crippen molar-refractivity contribution in [3.05, 3.63) is 16.1 Å². The van der Waals surface area contributed by atoms with Crippen LogP contribution < -0.4 is 10.6 Å². The van der Waals surface area contributed by atoms with Crippen molar-refractivity contribution >= 4 is 17.2 Å². The van der Waals surface area contributed by atoms with Gasteiger partial charge in [-0.15, -0.1) is 11.3 Å². The first-order valence-electron chi connectivity index (χ1n) is 5.70. The number of aromatic nitrogens is 1. The lowest BCUT2D eigenvalue weighted by Gasteiger charge is -2.04. The summed E-state index contributed by atoms with van der Waals surface area (Å²) in [5, 5.41) is 8.60. The van der Waals surface area contributed by atoms with Gasteiger partial charge in [-0.05, 0) is 13.0 Å². The molecule has 6 heteroatoms. The summed E-state index contributed by atoms with van der Waals surface area (Å²) in [5.74, 6) is -0.123. The number of nitrogens with zero attached hydrogens (tertiary/aromatic N) is 1. The molecule has 0 aromatic carbocycles. The van der Waals surface area contributed by atoms with Crippen molar-refractivity contribution in [3.63, 3.8) is 0 Å². The van der Waals surface area contributed by atoms with Gasteiger partial charge in [0.05, 0.1) is 6.61 Å². The number of hydrogen-bond donors (Lipinski definition) is 2. The second kappa shape index (κ2) is 8.16. The zero-order valence-electron chi connectivity index (χ0n) is 10.3. The number of nitrogens with one attached hydrogen (secondary N) is 2. The van der Waals surface area contributed by atoms with Crippen LogP contribution in [0.25, 0.3) is 0 Å². The summed E-state index contributed by atoms with van der Waals surface area (Å²) in [6.07, 6.45) is 1.10. The normalized spacial score (nSPS) is 10.5. The molecule has 0 saturated carbocycles. The molecular formula is C11H19N3O2S. The highest BCUT2D eigenvalue weighted by Crippen LogP contribution is 2.10. The molecule has 0 unspecified atom stereocenters. The van der Waals surface area contributed by atoms with Crippen molar-refractivity contribution in [2.75, 3.05) is 26.7 Å². The van der Waals surface area contributed by atoms with Crippen LogP contribution in [0, 0.1) is 0 Å². The highest BCUT2D eigenvalue weighted by molar-refractivity contribution is 7.09. The van der Waals surface area contributed by atoms with Crippen molar-refractivity contribution in [1.29, 1.82) is 0 Å². The molecule has 0 atom stereocenters. The van der Waals surface area contributed by atoms with E-state index in [2.05, 4.69) is 22.5 Å². The van der Waals surface area contributed by atoms with Crippen molar-refractivity contribution < 1.29 is 9.53 Å². The maximum atomic E-state index is 11.7. The van der Waals surface area contributed by atoms with Crippen LogP contribution in [0.2, 0.25) is 0 Å².